The van der Waals surface area contributed by atoms with Crippen LogP contribution in [0.25, 0.3) is 0 Å². The Morgan fingerprint density at radius 3 is 2.62 bits per heavy atom. The third-order valence-corrected chi connectivity index (χ3v) is 2.87. The molecular weight excluding hydrogens is 285 g/mol. The molecule has 0 bridgehead atoms. The Hall–Kier alpha value is -2.23. The fourth-order valence-corrected chi connectivity index (χ4v) is 1.99. The van der Waals surface area contributed by atoms with Crippen molar-refractivity contribution in [3.63, 3.8) is 0 Å². The minimum absolute atomic E-state index is 0.142. The van der Waals surface area contributed by atoms with Crippen molar-refractivity contribution in [2.75, 3.05) is 5.32 Å². The molecule has 0 saturated heterocycles. The van der Waals surface area contributed by atoms with E-state index in [0.717, 1.165) is 18.6 Å². The predicted molar refractivity (Wildman–Crippen MR) is 70.7 cm³/mol. The minimum Gasteiger partial charge on any atom is -0.481 e. The van der Waals surface area contributed by atoms with Crippen LogP contribution in [0, 0.1) is 11.3 Å². The van der Waals surface area contributed by atoms with Crippen molar-refractivity contribution in [2.45, 2.75) is 38.4 Å². The van der Waals surface area contributed by atoms with Crippen molar-refractivity contribution in [2.24, 2.45) is 0 Å². The molecule has 0 heterocycles. The van der Waals surface area contributed by atoms with E-state index in [1.54, 1.807) is 0 Å². The van der Waals surface area contributed by atoms with Gasteiger partial charge in [0.1, 0.15) is 0 Å². The summed E-state index contributed by atoms with van der Waals surface area (Å²) >= 11 is 0. The highest BCUT2D eigenvalue weighted by atomic mass is 19.4. The first kappa shape index (κ1) is 16.8. The number of nitrogens with zero attached hydrogens (tertiary/aromatic N) is 1. The van der Waals surface area contributed by atoms with Crippen LogP contribution in [0.2, 0.25) is 0 Å². The molecule has 1 atom stereocenters. The fraction of sp³-hybridized carbons (Fsp3) is 0.429. The van der Waals surface area contributed by atoms with Gasteiger partial charge in [-0.2, -0.15) is 18.4 Å². The van der Waals surface area contributed by atoms with Gasteiger partial charge in [-0.3, -0.25) is 4.79 Å². The van der Waals surface area contributed by atoms with Gasteiger partial charge in [-0.1, -0.05) is 13.3 Å². The van der Waals surface area contributed by atoms with Gasteiger partial charge in [0.25, 0.3) is 0 Å². The summed E-state index contributed by atoms with van der Waals surface area (Å²) in [6.45, 7) is 1.88. The summed E-state index contributed by atoms with van der Waals surface area (Å²) in [6.07, 6.45) is -3.43. The molecule has 0 aliphatic rings. The van der Waals surface area contributed by atoms with Crippen molar-refractivity contribution in [1.29, 1.82) is 5.26 Å². The number of hydrogen-bond donors (Lipinski definition) is 2. The number of carboxylic acids is 1. The highest BCUT2D eigenvalue weighted by Crippen LogP contribution is 2.33. The number of aliphatic carboxylic acids is 1. The third-order valence-electron chi connectivity index (χ3n) is 2.87. The lowest BCUT2D eigenvalue weighted by molar-refractivity contribution is -0.138. The maximum Gasteiger partial charge on any atom is 0.417 e. The second-order valence-corrected chi connectivity index (χ2v) is 4.60. The molecule has 0 aliphatic heterocycles. The number of nitrogens with one attached hydrogen (secondary N) is 1. The average Bonchev–Trinajstić information content (AvgIpc) is 2.36. The molecule has 0 fully saturated rings. The Bertz CT molecular complexity index is 550. The van der Waals surface area contributed by atoms with E-state index >= 15 is 0 Å². The lowest BCUT2D eigenvalue weighted by Crippen LogP contribution is -2.23. The van der Waals surface area contributed by atoms with Crippen LogP contribution < -0.4 is 5.32 Å². The Balaban J connectivity index is 2.99. The summed E-state index contributed by atoms with van der Waals surface area (Å²) in [5.74, 6) is -0.992. The van der Waals surface area contributed by atoms with Gasteiger partial charge in [0.2, 0.25) is 0 Å². The number of rotatable bonds is 6. The van der Waals surface area contributed by atoms with Crippen LogP contribution in [0.4, 0.5) is 18.9 Å². The minimum atomic E-state index is -4.59. The molecule has 1 unspecified atom stereocenters. The van der Waals surface area contributed by atoms with Gasteiger partial charge in [0, 0.05) is 11.7 Å². The van der Waals surface area contributed by atoms with E-state index in [-0.39, 0.29) is 6.42 Å². The second kappa shape index (κ2) is 6.97. The first-order valence-electron chi connectivity index (χ1n) is 6.37. The smallest absolute Gasteiger partial charge is 0.417 e. The van der Waals surface area contributed by atoms with Crippen molar-refractivity contribution >= 4 is 11.7 Å². The van der Waals surface area contributed by atoms with Crippen LogP contribution in [0.15, 0.2) is 18.2 Å². The van der Waals surface area contributed by atoms with E-state index in [4.69, 9.17) is 10.4 Å². The summed E-state index contributed by atoms with van der Waals surface area (Å²) < 4.78 is 38.0. The molecule has 1 aromatic carbocycles. The zero-order valence-corrected chi connectivity index (χ0v) is 11.4. The third kappa shape index (κ3) is 4.99. The van der Waals surface area contributed by atoms with Crippen LogP contribution >= 0.6 is 0 Å². The van der Waals surface area contributed by atoms with Gasteiger partial charge < -0.3 is 10.4 Å². The van der Waals surface area contributed by atoms with Gasteiger partial charge >= 0.3 is 12.1 Å². The highest BCUT2D eigenvalue weighted by molar-refractivity contribution is 5.68. The number of carboxylic acid groups (broad SMARTS) is 1. The first-order chi connectivity index (χ1) is 9.77. The van der Waals surface area contributed by atoms with Crippen molar-refractivity contribution in [1.82, 2.24) is 0 Å². The topological polar surface area (TPSA) is 73.1 Å². The zero-order valence-electron chi connectivity index (χ0n) is 11.4. The summed E-state index contributed by atoms with van der Waals surface area (Å²) in [7, 11) is 0. The molecule has 21 heavy (non-hydrogen) atoms. The quantitative estimate of drug-likeness (QED) is 0.841. The second-order valence-electron chi connectivity index (χ2n) is 4.60. The van der Waals surface area contributed by atoms with E-state index in [1.165, 1.54) is 12.1 Å². The molecule has 2 N–H and O–H groups in total. The molecule has 0 spiro atoms. The van der Waals surface area contributed by atoms with Crippen LogP contribution in [0.5, 0.6) is 0 Å². The van der Waals surface area contributed by atoms with Gasteiger partial charge in [0.05, 0.1) is 23.6 Å². The summed E-state index contributed by atoms with van der Waals surface area (Å²) in [5, 5.41) is 20.5. The number of carbonyl (C=O) groups is 1. The van der Waals surface area contributed by atoms with Crippen molar-refractivity contribution < 1.29 is 23.1 Å². The van der Waals surface area contributed by atoms with E-state index < -0.39 is 29.3 Å². The Kier molecular flexibility index (Phi) is 5.59. The van der Waals surface area contributed by atoms with Gasteiger partial charge in [-0.05, 0) is 24.6 Å². The molecule has 0 aliphatic carbocycles. The average molecular weight is 300 g/mol. The summed E-state index contributed by atoms with van der Waals surface area (Å²) in [6, 6.07) is 4.24. The van der Waals surface area contributed by atoms with Crippen LogP contribution in [-0.2, 0) is 11.0 Å². The Morgan fingerprint density at radius 2 is 2.14 bits per heavy atom. The Morgan fingerprint density at radius 1 is 1.48 bits per heavy atom. The maximum atomic E-state index is 12.7. The standard InChI is InChI=1S/C14H15F3N2O2/c1-2-3-10(7-13(20)21)19-11-4-5-12(14(15,16)17)9(6-11)8-18/h4-6,10,19H,2-3,7H2,1H3,(H,20,21). The summed E-state index contributed by atoms with van der Waals surface area (Å²) in [4.78, 5) is 10.7. The van der Waals surface area contributed by atoms with Crippen LogP contribution in [0.1, 0.15) is 37.3 Å². The molecule has 4 nitrogen and oxygen atoms in total. The Labute approximate surface area is 120 Å². The first-order valence-corrected chi connectivity index (χ1v) is 6.37. The lowest BCUT2D eigenvalue weighted by atomic mass is 10.0. The molecule has 0 radical (unpaired) electrons. The normalized spacial score (nSPS) is 12.5. The maximum absolute atomic E-state index is 12.7. The number of nitriles is 1. The SMILES string of the molecule is CCCC(CC(=O)O)Nc1ccc(C(F)(F)F)c(C#N)c1. The van der Waals surface area contributed by atoms with Crippen LogP contribution in [-0.4, -0.2) is 17.1 Å². The van der Waals surface area contributed by atoms with E-state index in [9.17, 15) is 18.0 Å². The molecule has 0 saturated carbocycles. The van der Waals surface area contributed by atoms with Gasteiger partial charge in [-0.25, -0.2) is 0 Å². The van der Waals surface area contributed by atoms with Crippen molar-refractivity contribution in [3.05, 3.63) is 29.3 Å². The molecule has 1 rings (SSSR count). The fourth-order valence-electron chi connectivity index (χ4n) is 1.99. The van der Waals surface area contributed by atoms with Gasteiger partial charge in [0.15, 0.2) is 0 Å². The van der Waals surface area contributed by atoms with Crippen LogP contribution in [0.3, 0.4) is 0 Å². The monoisotopic (exact) mass is 300 g/mol. The predicted octanol–water partition coefficient (Wildman–Crippen LogP) is 3.63. The molecule has 114 valence electrons. The molecule has 0 amide bonds. The van der Waals surface area contributed by atoms with Crippen molar-refractivity contribution in [3.8, 4) is 6.07 Å². The zero-order chi connectivity index (χ0) is 16.0. The largest absolute Gasteiger partial charge is 0.481 e. The summed E-state index contributed by atoms with van der Waals surface area (Å²) in [5.41, 5.74) is -1.18. The van der Waals surface area contributed by atoms with E-state index in [1.807, 2.05) is 6.92 Å². The van der Waals surface area contributed by atoms with E-state index in [2.05, 4.69) is 5.32 Å². The van der Waals surface area contributed by atoms with Gasteiger partial charge in [-0.15, -0.1) is 0 Å². The lowest BCUT2D eigenvalue weighted by Gasteiger charge is -2.18. The number of alkyl halides is 3. The number of hydrogen-bond acceptors (Lipinski definition) is 3. The van der Waals surface area contributed by atoms with E-state index in [0.29, 0.717) is 12.1 Å². The molecule has 0 aromatic heterocycles. The molecular formula is C14H15F3N2O2. The number of anilines is 1. The number of benzene rings is 1. The highest BCUT2D eigenvalue weighted by Gasteiger charge is 2.33. The molecule has 7 heteroatoms. The molecule has 1 aromatic rings. The number of halogens is 3.